The highest BCUT2D eigenvalue weighted by Gasteiger charge is 2.56. The molecule has 0 spiro atoms. The Balaban J connectivity index is 1.27. The number of carbonyl (C=O) groups is 3. The summed E-state index contributed by atoms with van der Waals surface area (Å²) in [5.41, 5.74) is 0.882. The summed E-state index contributed by atoms with van der Waals surface area (Å²) in [6.07, 6.45) is 0. The number of hydrogen-bond acceptors (Lipinski definition) is 12. The molecule has 1 fully saturated rings. The van der Waals surface area contributed by atoms with Gasteiger partial charge in [-0.25, -0.2) is 18.5 Å². The average molecular weight is 712 g/mol. The van der Waals surface area contributed by atoms with Gasteiger partial charge in [-0.1, -0.05) is 29.2 Å². The van der Waals surface area contributed by atoms with E-state index in [1.807, 2.05) is 0 Å². The van der Waals surface area contributed by atoms with Crippen molar-refractivity contribution in [1.82, 2.24) is 4.98 Å². The summed E-state index contributed by atoms with van der Waals surface area (Å²) < 4.78 is 34.5. The highest BCUT2D eigenvalue weighted by atomic mass is 32.2. The maximum atomic E-state index is 14.0. The molecule has 0 unspecified atom stereocenters. The third-order valence-electron chi connectivity index (χ3n) is 7.59. The van der Waals surface area contributed by atoms with Crippen molar-refractivity contribution in [3.05, 3.63) is 97.0 Å². The Kier molecular flexibility index (Phi) is 8.82. The summed E-state index contributed by atoms with van der Waals surface area (Å²) in [4.78, 5) is 67.2. The lowest BCUT2D eigenvalue weighted by molar-refractivity contribution is -0.384. The summed E-state index contributed by atoms with van der Waals surface area (Å²) in [6.45, 7) is 1.55. The fourth-order valence-corrected chi connectivity index (χ4v) is 8.56. The van der Waals surface area contributed by atoms with Crippen LogP contribution < -0.4 is 29.7 Å². The zero-order chi connectivity index (χ0) is 34.3. The molecule has 2 aliphatic heterocycles. The van der Waals surface area contributed by atoms with Gasteiger partial charge in [0.15, 0.2) is 18.1 Å². The van der Waals surface area contributed by atoms with Crippen molar-refractivity contribution < 1.29 is 37.2 Å². The molecule has 18 heteroatoms. The molecular weight excluding hydrogens is 687 g/mol. The van der Waals surface area contributed by atoms with Gasteiger partial charge in [-0.15, -0.1) is 0 Å². The topological polar surface area (TPSA) is 221 Å². The van der Waals surface area contributed by atoms with E-state index in [4.69, 9.17) is 14.6 Å². The van der Waals surface area contributed by atoms with E-state index < -0.39 is 56.4 Å². The largest absolute Gasteiger partial charge is 0.490 e. The Morgan fingerprint density at radius 1 is 1.02 bits per heavy atom. The second-order valence-electron chi connectivity index (χ2n) is 10.6. The van der Waals surface area contributed by atoms with Gasteiger partial charge in [0, 0.05) is 28.6 Å². The van der Waals surface area contributed by atoms with E-state index in [2.05, 4.69) is 10.3 Å². The third-order valence-corrected chi connectivity index (χ3v) is 10.9. The first-order valence-electron chi connectivity index (χ1n) is 14.2. The molecule has 3 heterocycles. The van der Waals surface area contributed by atoms with Crippen LogP contribution in [0.4, 0.5) is 17.1 Å². The second kappa shape index (κ2) is 12.9. The predicted molar refractivity (Wildman–Crippen MR) is 175 cm³/mol. The average Bonchev–Trinajstić information content (AvgIpc) is 3.54. The van der Waals surface area contributed by atoms with Crippen molar-refractivity contribution >= 4 is 67.9 Å². The molecule has 6 rings (SSSR count). The van der Waals surface area contributed by atoms with Crippen LogP contribution in [-0.4, -0.2) is 54.5 Å². The number of H-pyrrole nitrogens is 1. The van der Waals surface area contributed by atoms with Crippen molar-refractivity contribution in [2.75, 3.05) is 23.4 Å². The van der Waals surface area contributed by atoms with E-state index in [1.165, 1.54) is 48.5 Å². The van der Waals surface area contributed by atoms with Crippen LogP contribution in [0, 0.1) is 16.0 Å². The molecule has 0 bridgehead atoms. The summed E-state index contributed by atoms with van der Waals surface area (Å²) in [7, 11) is -3.89. The molecule has 4 N–H and O–H groups in total. The van der Waals surface area contributed by atoms with Crippen molar-refractivity contribution in [3.63, 3.8) is 0 Å². The molecule has 15 nitrogen and oxygen atoms in total. The Morgan fingerprint density at radius 2 is 1.73 bits per heavy atom. The molecule has 1 saturated heterocycles. The number of anilines is 2. The SMILES string of the molecule is CCOc1cc([C@@H]2c3sc(=O)[nH]c3S[C@H]3C(=O)N(c4ccc([N+](=O)[O-])cc4)C(=O)[C@@H]23)ccc1OCC(=O)Nc1ccc(S(N)(=O)=O)cc1. The number of nitrogens with zero attached hydrogens (tertiary/aromatic N) is 2. The second-order valence-corrected chi connectivity index (χ2v) is 14.3. The maximum Gasteiger partial charge on any atom is 0.305 e. The van der Waals surface area contributed by atoms with E-state index >= 15 is 0 Å². The molecule has 248 valence electrons. The molecule has 1 aromatic heterocycles. The van der Waals surface area contributed by atoms with Crippen LogP contribution in [0.3, 0.4) is 0 Å². The first-order chi connectivity index (χ1) is 22.8. The van der Waals surface area contributed by atoms with Crippen molar-refractivity contribution in [2.45, 2.75) is 28.0 Å². The lowest BCUT2D eigenvalue weighted by Crippen LogP contribution is -2.32. The fraction of sp³-hybridized carbons (Fsp3) is 0.200. The number of carbonyl (C=O) groups excluding carboxylic acids is 3. The van der Waals surface area contributed by atoms with Gasteiger partial charge in [0.2, 0.25) is 21.8 Å². The van der Waals surface area contributed by atoms with Crippen LogP contribution >= 0.6 is 23.1 Å². The molecule has 0 radical (unpaired) electrons. The number of hydrogen-bond donors (Lipinski definition) is 3. The first kappa shape index (κ1) is 32.9. The molecular formula is C30H25N5O10S3. The van der Waals surface area contributed by atoms with Gasteiger partial charge in [0.1, 0.15) is 5.25 Å². The quantitative estimate of drug-likeness (QED) is 0.123. The lowest BCUT2D eigenvalue weighted by atomic mass is 9.83. The zero-order valence-corrected chi connectivity index (χ0v) is 27.2. The number of fused-ring (bicyclic) bond motifs is 2. The molecule has 4 aromatic rings. The van der Waals surface area contributed by atoms with E-state index in [1.54, 1.807) is 25.1 Å². The zero-order valence-electron chi connectivity index (χ0n) is 24.8. The number of aromatic nitrogens is 1. The smallest absolute Gasteiger partial charge is 0.305 e. The standard InChI is InChI=1S/C30H25N5O10S3/c1-2-44-21-13-15(3-12-20(21)45-14-22(36)32-16-4-10-19(11-5-16)48(31,42)43)23-24-26(46-27-25(23)47-30(39)33-27)29(38)34(28(24)37)17-6-8-18(9-7-17)35(40)41/h3-13,23-24,26H,2,14H2,1H3,(H,32,36)(H,33,39)(H2,31,42,43)/t23-,24-,26+/m0/s1. The van der Waals surface area contributed by atoms with Crippen LogP contribution in [-0.2, 0) is 24.4 Å². The molecule has 0 saturated carbocycles. The number of nitro groups is 1. The number of imide groups is 1. The number of amides is 3. The summed E-state index contributed by atoms with van der Waals surface area (Å²) in [6, 6.07) is 15.3. The van der Waals surface area contributed by atoms with Crippen LogP contribution in [0.2, 0.25) is 0 Å². The van der Waals surface area contributed by atoms with Crippen LogP contribution in [0.15, 0.2) is 81.4 Å². The van der Waals surface area contributed by atoms with Gasteiger partial charge in [0.05, 0.1) is 33.1 Å². The van der Waals surface area contributed by atoms with Gasteiger partial charge < -0.3 is 19.8 Å². The number of ether oxygens (including phenoxy) is 2. The Bertz CT molecular complexity index is 2110. The molecule has 3 aromatic carbocycles. The van der Waals surface area contributed by atoms with Gasteiger partial charge in [-0.3, -0.25) is 29.3 Å². The van der Waals surface area contributed by atoms with Crippen LogP contribution in [0.25, 0.3) is 0 Å². The fourth-order valence-electron chi connectivity index (χ4n) is 5.53. The Hall–Kier alpha value is -5.04. The van der Waals surface area contributed by atoms with E-state index in [9.17, 15) is 37.7 Å². The number of nitrogens with two attached hydrogens (primary N) is 1. The van der Waals surface area contributed by atoms with Gasteiger partial charge in [0.25, 0.3) is 11.6 Å². The first-order valence-corrected chi connectivity index (χ1v) is 17.4. The highest BCUT2D eigenvalue weighted by Crippen LogP contribution is 2.53. The van der Waals surface area contributed by atoms with Gasteiger partial charge in [-0.2, -0.15) is 0 Å². The van der Waals surface area contributed by atoms with Crippen molar-refractivity contribution in [2.24, 2.45) is 11.1 Å². The Morgan fingerprint density at radius 3 is 2.38 bits per heavy atom. The third kappa shape index (κ3) is 6.29. The normalized spacial score (nSPS) is 18.6. The van der Waals surface area contributed by atoms with E-state index in [0.29, 0.717) is 21.2 Å². The molecule has 2 aliphatic rings. The van der Waals surface area contributed by atoms with Crippen molar-refractivity contribution in [3.8, 4) is 11.5 Å². The van der Waals surface area contributed by atoms with Crippen molar-refractivity contribution in [1.29, 1.82) is 0 Å². The molecule has 3 amide bonds. The minimum atomic E-state index is -3.89. The Labute approximate surface area is 280 Å². The predicted octanol–water partition coefficient (Wildman–Crippen LogP) is 3.20. The number of benzene rings is 3. The van der Waals surface area contributed by atoms with Gasteiger partial charge >= 0.3 is 4.87 Å². The van der Waals surface area contributed by atoms with Gasteiger partial charge in [-0.05, 0) is 61.0 Å². The minimum Gasteiger partial charge on any atom is -0.490 e. The maximum absolute atomic E-state index is 14.0. The number of primary sulfonamides is 1. The number of sulfonamides is 1. The lowest BCUT2D eigenvalue weighted by Gasteiger charge is -2.30. The minimum absolute atomic E-state index is 0.108. The number of nitro benzene ring substituents is 1. The number of nitrogens with one attached hydrogen (secondary N) is 2. The van der Waals surface area contributed by atoms with E-state index in [-0.39, 0.29) is 39.2 Å². The molecule has 48 heavy (non-hydrogen) atoms. The summed E-state index contributed by atoms with van der Waals surface area (Å²) in [5.74, 6) is -2.75. The summed E-state index contributed by atoms with van der Waals surface area (Å²) in [5, 5.41) is 18.4. The number of rotatable bonds is 10. The summed E-state index contributed by atoms with van der Waals surface area (Å²) >= 11 is 2.03. The van der Waals surface area contributed by atoms with Crippen LogP contribution in [0.5, 0.6) is 11.5 Å². The number of aromatic amines is 1. The van der Waals surface area contributed by atoms with Crippen LogP contribution in [0.1, 0.15) is 23.3 Å². The number of thiazole rings is 1. The molecule has 3 atom stereocenters. The van der Waals surface area contributed by atoms with E-state index in [0.717, 1.165) is 28.0 Å². The number of thioether (sulfide) groups is 1. The highest BCUT2D eigenvalue weighted by molar-refractivity contribution is 8.00. The molecule has 0 aliphatic carbocycles. The number of non-ortho nitro benzene ring substituents is 1. The monoisotopic (exact) mass is 711 g/mol.